The summed E-state index contributed by atoms with van der Waals surface area (Å²) in [7, 11) is 3.17. The van der Waals surface area contributed by atoms with Crippen molar-refractivity contribution in [3.8, 4) is 5.82 Å². The van der Waals surface area contributed by atoms with E-state index in [4.69, 9.17) is 0 Å². The van der Waals surface area contributed by atoms with Gasteiger partial charge in [0.05, 0.1) is 5.69 Å². The average Bonchev–Trinajstić information content (AvgIpc) is 3.16. The maximum atomic E-state index is 12.2. The summed E-state index contributed by atoms with van der Waals surface area (Å²) in [5.41, 5.74) is 0.309. The summed E-state index contributed by atoms with van der Waals surface area (Å²) in [6, 6.07) is 5.35. The molecule has 0 amide bonds. The Hall–Kier alpha value is -3.43. The molecule has 4 heterocycles. The molecule has 4 rings (SSSR count). The molecular weight excluding hydrogens is 360 g/mol. The van der Waals surface area contributed by atoms with E-state index in [1.54, 1.807) is 18.1 Å². The van der Waals surface area contributed by atoms with Crippen molar-refractivity contribution < 1.29 is 0 Å². The van der Waals surface area contributed by atoms with Gasteiger partial charge in [0.25, 0.3) is 5.56 Å². The molecule has 0 bridgehead atoms. The van der Waals surface area contributed by atoms with Gasteiger partial charge in [0.2, 0.25) is 0 Å². The molecule has 0 atom stereocenters. The quantitative estimate of drug-likeness (QED) is 0.614. The Kier molecular flexibility index (Phi) is 4.46. The molecule has 10 heteroatoms. The van der Waals surface area contributed by atoms with Crippen LogP contribution in [0.5, 0.6) is 0 Å². The Morgan fingerprint density at radius 2 is 1.57 bits per heavy atom. The molecule has 0 aliphatic carbocycles. The molecule has 0 spiro atoms. The highest BCUT2D eigenvalue weighted by atomic mass is 16.2. The number of piperazine rings is 1. The van der Waals surface area contributed by atoms with Crippen LogP contribution >= 0.6 is 0 Å². The normalized spacial score (nSPS) is 14.5. The van der Waals surface area contributed by atoms with E-state index in [1.165, 1.54) is 17.7 Å². The average molecular weight is 382 g/mol. The molecule has 10 nitrogen and oxygen atoms in total. The van der Waals surface area contributed by atoms with Gasteiger partial charge in [-0.1, -0.05) is 0 Å². The predicted octanol–water partition coefficient (Wildman–Crippen LogP) is -0.305. The molecule has 1 aliphatic heterocycles. The predicted molar refractivity (Wildman–Crippen MR) is 105 cm³/mol. The van der Waals surface area contributed by atoms with Crippen LogP contribution in [0.4, 0.5) is 11.6 Å². The third-order valence-electron chi connectivity index (χ3n) is 5.02. The fourth-order valence-electron chi connectivity index (χ4n) is 3.37. The van der Waals surface area contributed by atoms with Crippen LogP contribution in [0.3, 0.4) is 0 Å². The van der Waals surface area contributed by atoms with Gasteiger partial charge >= 0.3 is 5.69 Å². The maximum Gasteiger partial charge on any atom is 0.332 e. The van der Waals surface area contributed by atoms with Gasteiger partial charge in [-0.2, -0.15) is 5.10 Å². The molecule has 3 aromatic heterocycles. The highest BCUT2D eigenvalue weighted by Gasteiger charge is 2.21. The maximum absolute atomic E-state index is 12.2. The monoisotopic (exact) mass is 382 g/mol. The number of aromatic nitrogens is 6. The first-order valence-electron chi connectivity index (χ1n) is 9.05. The summed E-state index contributed by atoms with van der Waals surface area (Å²) in [6.45, 7) is 4.74. The molecule has 1 fully saturated rings. The molecule has 28 heavy (non-hydrogen) atoms. The van der Waals surface area contributed by atoms with Crippen molar-refractivity contribution in [2.24, 2.45) is 14.1 Å². The molecule has 1 saturated heterocycles. The molecular formula is C18H22N8O2. The molecule has 0 unspecified atom stereocenters. The highest BCUT2D eigenvalue weighted by Crippen LogP contribution is 2.18. The SMILES string of the molecule is Cc1ccn(-c2cc(N3CCN(c4cc(=O)n(C)c(=O)n4C)CC3)ncn2)n1. The molecule has 3 aromatic rings. The third-order valence-corrected chi connectivity index (χ3v) is 5.02. The van der Waals surface area contributed by atoms with E-state index in [2.05, 4.69) is 24.9 Å². The van der Waals surface area contributed by atoms with Crippen molar-refractivity contribution in [2.75, 3.05) is 36.0 Å². The smallest absolute Gasteiger partial charge is 0.332 e. The second kappa shape index (κ2) is 6.95. The van der Waals surface area contributed by atoms with Gasteiger partial charge in [0.1, 0.15) is 18.0 Å². The van der Waals surface area contributed by atoms with Crippen LogP contribution < -0.4 is 21.0 Å². The van der Waals surface area contributed by atoms with Crippen LogP contribution in [-0.4, -0.2) is 55.1 Å². The van der Waals surface area contributed by atoms with Crippen molar-refractivity contribution in [2.45, 2.75) is 6.92 Å². The van der Waals surface area contributed by atoms with E-state index in [0.29, 0.717) is 18.9 Å². The van der Waals surface area contributed by atoms with Gasteiger partial charge in [-0.25, -0.2) is 19.4 Å². The molecule has 146 valence electrons. The van der Waals surface area contributed by atoms with E-state index in [1.807, 2.05) is 25.3 Å². The summed E-state index contributed by atoms with van der Waals surface area (Å²) in [5, 5.41) is 4.39. The molecule has 0 N–H and O–H groups in total. The Morgan fingerprint density at radius 1 is 0.893 bits per heavy atom. The first kappa shape index (κ1) is 18.0. The topological polar surface area (TPSA) is 94.1 Å². The van der Waals surface area contributed by atoms with Crippen LogP contribution in [0.15, 0.2) is 40.3 Å². The molecule has 1 aliphatic rings. The minimum absolute atomic E-state index is 0.296. The van der Waals surface area contributed by atoms with Crippen LogP contribution in [0.1, 0.15) is 5.69 Å². The van der Waals surface area contributed by atoms with E-state index in [9.17, 15) is 9.59 Å². The van der Waals surface area contributed by atoms with Crippen molar-refractivity contribution >= 4 is 11.6 Å². The number of nitrogens with zero attached hydrogens (tertiary/aromatic N) is 8. The van der Waals surface area contributed by atoms with Crippen molar-refractivity contribution in [3.63, 3.8) is 0 Å². The number of rotatable bonds is 3. The minimum Gasteiger partial charge on any atom is -0.354 e. The van der Waals surface area contributed by atoms with Gasteiger partial charge in [0, 0.05) is 58.6 Å². The standard InChI is InChI=1S/C18H22N8O2/c1-13-4-5-26(21-13)15-10-14(19-12-20-15)24-6-8-25(9-7-24)16-11-17(27)23(3)18(28)22(16)2/h4-5,10-12H,6-9H2,1-3H3. The first-order chi connectivity index (χ1) is 13.4. The number of aryl methyl sites for hydroxylation is 1. The van der Waals surface area contributed by atoms with Crippen LogP contribution in [0.25, 0.3) is 5.82 Å². The second-order valence-corrected chi connectivity index (χ2v) is 6.85. The van der Waals surface area contributed by atoms with Gasteiger partial charge in [-0.05, 0) is 13.0 Å². The summed E-state index contributed by atoms with van der Waals surface area (Å²) < 4.78 is 4.35. The van der Waals surface area contributed by atoms with E-state index < -0.39 is 0 Å². The van der Waals surface area contributed by atoms with Gasteiger partial charge < -0.3 is 9.80 Å². The Balaban J connectivity index is 1.52. The fourth-order valence-corrected chi connectivity index (χ4v) is 3.37. The number of hydrogen-bond donors (Lipinski definition) is 0. The lowest BCUT2D eigenvalue weighted by Crippen LogP contribution is -2.49. The largest absolute Gasteiger partial charge is 0.354 e. The minimum atomic E-state index is -0.320. The summed E-state index contributed by atoms with van der Waals surface area (Å²) in [6.07, 6.45) is 3.41. The fraction of sp³-hybridized carbons (Fsp3) is 0.389. The summed E-state index contributed by atoms with van der Waals surface area (Å²) >= 11 is 0. The van der Waals surface area contributed by atoms with Crippen molar-refractivity contribution in [1.29, 1.82) is 0 Å². The Labute approximate surface area is 161 Å². The van der Waals surface area contributed by atoms with Gasteiger partial charge in [-0.3, -0.25) is 13.9 Å². The van der Waals surface area contributed by atoms with Crippen LogP contribution in [-0.2, 0) is 14.1 Å². The molecule has 0 aromatic carbocycles. The summed E-state index contributed by atoms with van der Waals surface area (Å²) in [5.74, 6) is 2.19. The van der Waals surface area contributed by atoms with Crippen LogP contribution in [0, 0.1) is 6.92 Å². The van der Waals surface area contributed by atoms with Crippen LogP contribution in [0.2, 0.25) is 0 Å². The lowest BCUT2D eigenvalue weighted by molar-refractivity contribution is 0.606. The molecule has 0 saturated carbocycles. The Morgan fingerprint density at radius 3 is 2.25 bits per heavy atom. The molecule has 0 radical (unpaired) electrons. The number of hydrogen-bond acceptors (Lipinski definition) is 7. The second-order valence-electron chi connectivity index (χ2n) is 6.85. The number of anilines is 2. The lowest BCUT2D eigenvalue weighted by atomic mass is 10.3. The van der Waals surface area contributed by atoms with E-state index in [0.717, 1.165) is 35.0 Å². The third kappa shape index (κ3) is 3.17. The van der Waals surface area contributed by atoms with Crippen molar-refractivity contribution in [1.82, 2.24) is 28.9 Å². The van der Waals surface area contributed by atoms with Gasteiger partial charge in [-0.15, -0.1) is 0 Å². The van der Waals surface area contributed by atoms with Crippen molar-refractivity contribution in [3.05, 3.63) is 57.3 Å². The zero-order chi connectivity index (χ0) is 19.8. The zero-order valence-corrected chi connectivity index (χ0v) is 16.1. The Bertz CT molecular complexity index is 1120. The lowest BCUT2D eigenvalue weighted by Gasteiger charge is -2.37. The van der Waals surface area contributed by atoms with Gasteiger partial charge in [0.15, 0.2) is 5.82 Å². The van der Waals surface area contributed by atoms with E-state index in [-0.39, 0.29) is 11.2 Å². The summed E-state index contributed by atoms with van der Waals surface area (Å²) in [4.78, 5) is 37.1. The van der Waals surface area contributed by atoms with E-state index >= 15 is 0 Å². The highest BCUT2D eigenvalue weighted by molar-refractivity contribution is 5.47. The first-order valence-corrected chi connectivity index (χ1v) is 9.05. The zero-order valence-electron chi connectivity index (χ0n) is 16.1.